The van der Waals surface area contributed by atoms with Gasteiger partial charge in [-0.15, -0.1) is 11.3 Å². The van der Waals surface area contributed by atoms with Gasteiger partial charge in [0.15, 0.2) is 5.16 Å². The molecule has 168 valence electrons. The van der Waals surface area contributed by atoms with E-state index in [1.54, 1.807) is 10.6 Å². The molecule has 32 heavy (non-hydrogen) atoms. The number of benzene rings is 1. The topological polar surface area (TPSA) is 99.0 Å². The second-order valence-corrected chi connectivity index (χ2v) is 9.81. The van der Waals surface area contributed by atoms with E-state index in [-0.39, 0.29) is 17.2 Å². The molecule has 1 amide bonds. The molecule has 4 aromatic rings. The van der Waals surface area contributed by atoms with E-state index < -0.39 is 0 Å². The van der Waals surface area contributed by atoms with Gasteiger partial charge in [-0.25, -0.2) is 4.98 Å². The number of carbonyl (C=O) groups is 1. The number of carbonyl (C=O) groups excluding carboxylic acids is 1. The van der Waals surface area contributed by atoms with E-state index in [1.807, 2.05) is 32.9 Å². The Balaban J connectivity index is 1.56. The molecule has 3 aromatic heterocycles. The van der Waals surface area contributed by atoms with Crippen LogP contribution in [0.1, 0.15) is 23.8 Å². The maximum atomic E-state index is 13.3. The molecule has 1 aromatic carbocycles. The van der Waals surface area contributed by atoms with Crippen molar-refractivity contribution >= 4 is 67.7 Å². The largest absolute Gasteiger partial charge is 0.382 e. The number of nitrogens with one attached hydrogen (secondary N) is 1. The van der Waals surface area contributed by atoms with Gasteiger partial charge >= 0.3 is 0 Å². The number of fused-ring (bicyclic) bond motifs is 2. The Bertz CT molecular complexity index is 1330. The summed E-state index contributed by atoms with van der Waals surface area (Å²) in [5, 5.41) is 4.11. The van der Waals surface area contributed by atoms with Gasteiger partial charge in [-0.05, 0) is 44.9 Å². The van der Waals surface area contributed by atoms with E-state index in [1.165, 1.54) is 23.1 Å². The van der Waals surface area contributed by atoms with Crippen LogP contribution in [0.3, 0.4) is 0 Å². The fraction of sp³-hybridized carbons (Fsp3) is 0.381. The normalized spacial score (nSPS) is 11.5. The maximum absolute atomic E-state index is 13.3. The quantitative estimate of drug-likeness (QED) is 0.213. The molecule has 8 nitrogen and oxygen atoms in total. The number of aromatic nitrogens is 4. The second kappa shape index (κ2) is 10.1. The second-order valence-electron chi connectivity index (χ2n) is 7.14. The summed E-state index contributed by atoms with van der Waals surface area (Å²) >= 11 is 3.88. The Hall–Kier alpha value is -2.34. The minimum Gasteiger partial charge on any atom is -0.382 e. The number of anilines is 1. The molecule has 0 saturated carbocycles. The van der Waals surface area contributed by atoms with E-state index in [9.17, 15) is 9.59 Å². The lowest BCUT2D eigenvalue weighted by atomic mass is 10.2. The van der Waals surface area contributed by atoms with Crippen molar-refractivity contribution in [3.63, 3.8) is 0 Å². The number of thiophene rings is 1. The smallest absolute Gasteiger partial charge is 0.263 e. The zero-order chi connectivity index (χ0) is 22.7. The highest BCUT2D eigenvalue weighted by molar-refractivity contribution is 7.99. The molecule has 0 radical (unpaired) electrons. The number of hydrogen-bond donors (Lipinski definition) is 1. The van der Waals surface area contributed by atoms with Crippen molar-refractivity contribution in [3.05, 3.63) is 39.0 Å². The lowest BCUT2D eigenvalue weighted by Gasteiger charge is -2.12. The summed E-state index contributed by atoms with van der Waals surface area (Å²) in [7, 11) is 0. The van der Waals surface area contributed by atoms with Gasteiger partial charge in [0.05, 0.1) is 28.6 Å². The third kappa shape index (κ3) is 4.70. The van der Waals surface area contributed by atoms with Crippen LogP contribution in [-0.2, 0) is 16.1 Å². The molecule has 4 rings (SSSR count). The molecule has 0 saturated heterocycles. The Labute approximate surface area is 197 Å². The van der Waals surface area contributed by atoms with Crippen LogP contribution < -0.4 is 10.9 Å². The first-order chi connectivity index (χ1) is 15.5. The lowest BCUT2D eigenvalue weighted by molar-refractivity contribution is -0.113. The molecule has 0 atom stereocenters. The SMILES string of the molecule is CCOCCCn1c(SCC(=O)Nc2cccc3nsnc23)nc2sc(C)c(C)c2c1=O. The van der Waals surface area contributed by atoms with Gasteiger partial charge in [0.25, 0.3) is 5.56 Å². The molecule has 0 spiro atoms. The number of ether oxygens (including phenoxy) is 1. The van der Waals surface area contributed by atoms with Crippen molar-refractivity contribution in [2.45, 2.75) is 38.9 Å². The molecule has 1 N–H and O–H groups in total. The molecule has 0 aliphatic rings. The number of amides is 1. The van der Waals surface area contributed by atoms with E-state index in [0.29, 0.717) is 52.8 Å². The molecule has 0 unspecified atom stereocenters. The summed E-state index contributed by atoms with van der Waals surface area (Å²) in [4.78, 5) is 32.5. The van der Waals surface area contributed by atoms with Gasteiger partial charge in [0, 0.05) is 24.6 Å². The monoisotopic (exact) mass is 489 g/mol. The van der Waals surface area contributed by atoms with Crippen molar-refractivity contribution in [1.82, 2.24) is 18.3 Å². The number of aryl methyl sites for hydroxylation is 2. The van der Waals surface area contributed by atoms with E-state index in [0.717, 1.165) is 27.7 Å². The van der Waals surface area contributed by atoms with Crippen LogP contribution in [0.2, 0.25) is 0 Å². The van der Waals surface area contributed by atoms with Crippen LogP contribution in [0.15, 0.2) is 28.2 Å². The van der Waals surface area contributed by atoms with Crippen LogP contribution in [-0.4, -0.2) is 43.2 Å². The standard InChI is InChI=1S/C21H23N5O3S3/c1-4-29-10-6-9-26-20(28)17-12(2)13(3)31-19(17)23-21(26)30-11-16(27)22-14-7-5-8-15-18(14)25-32-24-15/h5,7-8H,4,6,9-11H2,1-3H3,(H,22,27). The molecule has 3 heterocycles. The van der Waals surface area contributed by atoms with Crippen molar-refractivity contribution in [2.24, 2.45) is 0 Å². The zero-order valence-corrected chi connectivity index (χ0v) is 20.5. The maximum Gasteiger partial charge on any atom is 0.263 e. The fourth-order valence-electron chi connectivity index (χ4n) is 3.31. The number of nitrogens with zero attached hydrogens (tertiary/aromatic N) is 4. The zero-order valence-electron chi connectivity index (χ0n) is 18.0. The summed E-state index contributed by atoms with van der Waals surface area (Å²) in [5.41, 5.74) is 2.96. The Kier molecular flexibility index (Phi) is 7.19. The molecule has 0 fully saturated rings. The number of hydrogen-bond acceptors (Lipinski definition) is 9. The number of rotatable bonds is 9. The first kappa shape index (κ1) is 22.8. The highest BCUT2D eigenvalue weighted by atomic mass is 32.2. The van der Waals surface area contributed by atoms with Gasteiger partial charge in [0.2, 0.25) is 5.91 Å². The van der Waals surface area contributed by atoms with Gasteiger partial charge < -0.3 is 10.1 Å². The first-order valence-corrected chi connectivity index (χ1v) is 12.7. The van der Waals surface area contributed by atoms with Gasteiger partial charge in [0.1, 0.15) is 15.9 Å². The third-order valence-corrected chi connectivity index (χ3v) is 7.64. The van der Waals surface area contributed by atoms with Gasteiger partial charge in [-0.3, -0.25) is 14.2 Å². The van der Waals surface area contributed by atoms with Crippen LogP contribution in [0.5, 0.6) is 0 Å². The van der Waals surface area contributed by atoms with Gasteiger partial charge in [-0.1, -0.05) is 17.8 Å². The molecule has 0 aliphatic carbocycles. The first-order valence-electron chi connectivity index (χ1n) is 10.2. The predicted octanol–water partition coefficient (Wildman–Crippen LogP) is 4.24. The summed E-state index contributed by atoms with van der Waals surface area (Å²) in [6, 6.07) is 5.49. The van der Waals surface area contributed by atoms with Crippen molar-refractivity contribution < 1.29 is 9.53 Å². The number of thioether (sulfide) groups is 1. The van der Waals surface area contributed by atoms with Crippen LogP contribution in [0.25, 0.3) is 21.3 Å². The lowest BCUT2D eigenvalue weighted by Crippen LogP contribution is -2.25. The average molecular weight is 490 g/mol. The van der Waals surface area contributed by atoms with Crippen molar-refractivity contribution in [2.75, 3.05) is 24.3 Å². The van der Waals surface area contributed by atoms with Crippen LogP contribution in [0, 0.1) is 13.8 Å². The Morgan fingerprint density at radius 2 is 2.12 bits per heavy atom. The van der Waals surface area contributed by atoms with E-state index in [2.05, 4.69) is 14.1 Å². The Morgan fingerprint density at radius 1 is 1.28 bits per heavy atom. The molecule has 11 heteroatoms. The summed E-state index contributed by atoms with van der Waals surface area (Å²) in [5.74, 6) is -0.0648. The van der Waals surface area contributed by atoms with Crippen molar-refractivity contribution in [1.29, 1.82) is 0 Å². The minimum atomic E-state index is -0.191. The third-order valence-electron chi connectivity index (χ3n) is 5.02. The highest BCUT2D eigenvalue weighted by Gasteiger charge is 2.18. The molecule has 0 bridgehead atoms. The minimum absolute atomic E-state index is 0.0606. The fourth-order valence-corrected chi connectivity index (χ4v) is 5.75. The van der Waals surface area contributed by atoms with Gasteiger partial charge in [-0.2, -0.15) is 8.75 Å². The predicted molar refractivity (Wildman–Crippen MR) is 131 cm³/mol. The summed E-state index contributed by atoms with van der Waals surface area (Å²) < 4.78 is 15.5. The average Bonchev–Trinajstić information content (AvgIpc) is 3.36. The molecule has 0 aliphatic heterocycles. The molecular weight excluding hydrogens is 466 g/mol. The Morgan fingerprint density at radius 3 is 2.94 bits per heavy atom. The van der Waals surface area contributed by atoms with Crippen LogP contribution >= 0.6 is 34.8 Å². The van der Waals surface area contributed by atoms with E-state index >= 15 is 0 Å². The highest BCUT2D eigenvalue weighted by Crippen LogP contribution is 2.29. The van der Waals surface area contributed by atoms with Crippen LogP contribution in [0.4, 0.5) is 5.69 Å². The molecular formula is C21H23N5O3S3. The van der Waals surface area contributed by atoms with Crippen molar-refractivity contribution in [3.8, 4) is 0 Å². The summed E-state index contributed by atoms with van der Waals surface area (Å²) in [6.45, 7) is 7.59. The van der Waals surface area contributed by atoms with E-state index in [4.69, 9.17) is 9.72 Å². The summed E-state index contributed by atoms with van der Waals surface area (Å²) in [6.07, 6.45) is 0.696.